The zero-order chi connectivity index (χ0) is 28.2. The molecule has 0 fully saturated rings. The van der Waals surface area contributed by atoms with E-state index in [2.05, 4.69) is 27.9 Å². The van der Waals surface area contributed by atoms with Crippen molar-refractivity contribution in [3.05, 3.63) is 82.4 Å². The Morgan fingerprint density at radius 1 is 0.949 bits per heavy atom. The van der Waals surface area contributed by atoms with Gasteiger partial charge in [-0.2, -0.15) is 0 Å². The zero-order valence-corrected chi connectivity index (χ0v) is 24.1. The van der Waals surface area contributed by atoms with Gasteiger partial charge >= 0.3 is 0 Å². The van der Waals surface area contributed by atoms with E-state index in [9.17, 15) is 8.42 Å². The average Bonchev–Trinajstić information content (AvgIpc) is 3.21. The van der Waals surface area contributed by atoms with Crippen molar-refractivity contribution < 1.29 is 22.4 Å². The lowest BCUT2D eigenvalue weighted by atomic mass is 9.95. The molecule has 0 spiro atoms. The summed E-state index contributed by atoms with van der Waals surface area (Å²) in [6, 6.07) is 14.9. The molecule has 1 N–H and O–H groups in total. The number of ether oxygens (including phenoxy) is 2. The molecule has 0 unspecified atom stereocenters. The molecule has 0 aliphatic rings. The third kappa shape index (κ3) is 6.25. The van der Waals surface area contributed by atoms with Gasteiger partial charge in [-0.05, 0) is 63.8 Å². The minimum absolute atomic E-state index is 0.176. The predicted molar refractivity (Wildman–Crippen MR) is 152 cm³/mol. The second-order valence-electron chi connectivity index (χ2n) is 9.45. The number of hydrogen-bond acceptors (Lipinski definition) is 7. The molecule has 0 saturated heterocycles. The SMILES string of the molecule is CCCc1cc(COc2cc(C)nc(C)c2OCC)ccc1-c1ccccc1S(=O)(=O)Nc1noc(C)c1C. The monoisotopic (exact) mass is 549 g/mol. The summed E-state index contributed by atoms with van der Waals surface area (Å²) in [6.07, 6.45) is 1.68. The molecule has 0 aliphatic carbocycles. The second kappa shape index (κ2) is 11.9. The summed E-state index contributed by atoms with van der Waals surface area (Å²) in [7, 11) is -3.92. The Balaban J connectivity index is 1.67. The van der Waals surface area contributed by atoms with Gasteiger partial charge in [0.1, 0.15) is 12.4 Å². The lowest BCUT2D eigenvalue weighted by Gasteiger charge is -2.17. The molecule has 0 saturated carbocycles. The first kappa shape index (κ1) is 28.2. The van der Waals surface area contributed by atoms with Crippen LogP contribution in [0, 0.1) is 27.7 Å². The van der Waals surface area contributed by atoms with Crippen LogP contribution in [0.2, 0.25) is 0 Å². The molecule has 39 heavy (non-hydrogen) atoms. The van der Waals surface area contributed by atoms with Gasteiger partial charge in [0.2, 0.25) is 0 Å². The summed E-state index contributed by atoms with van der Waals surface area (Å²) in [5.41, 5.74) is 5.80. The molecule has 4 aromatic rings. The Morgan fingerprint density at radius 3 is 2.41 bits per heavy atom. The standard InChI is InChI=1S/C30H35N3O5S/c1-7-11-24-17-23(18-37-27-16-19(3)31-21(5)29(27)36-8-2)14-15-25(24)26-12-9-10-13-28(26)39(34,35)33-30-20(4)22(6)38-32-30/h9-10,12-17H,7-8,11,18H2,1-6H3,(H,32,33). The Hall–Kier alpha value is -3.85. The molecule has 2 aromatic heterocycles. The summed E-state index contributed by atoms with van der Waals surface area (Å²) in [6.45, 7) is 12.2. The normalized spacial score (nSPS) is 11.4. The molecular weight excluding hydrogens is 514 g/mol. The number of hydrogen-bond donors (Lipinski definition) is 1. The highest BCUT2D eigenvalue weighted by Gasteiger charge is 2.23. The van der Waals surface area contributed by atoms with E-state index in [0.717, 1.165) is 40.9 Å². The Bertz CT molecular complexity index is 1580. The maximum Gasteiger partial charge on any atom is 0.263 e. The number of nitrogens with one attached hydrogen (secondary N) is 1. The van der Waals surface area contributed by atoms with Gasteiger partial charge in [0, 0.05) is 22.9 Å². The highest BCUT2D eigenvalue weighted by Crippen LogP contribution is 2.34. The van der Waals surface area contributed by atoms with Crippen molar-refractivity contribution in [2.24, 2.45) is 0 Å². The van der Waals surface area contributed by atoms with Crippen LogP contribution < -0.4 is 14.2 Å². The third-order valence-electron chi connectivity index (χ3n) is 6.46. The van der Waals surface area contributed by atoms with Crippen molar-refractivity contribution in [3.63, 3.8) is 0 Å². The van der Waals surface area contributed by atoms with Crippen LogP contribution in [0.3, 0.4) is 0 Å². The van der Waals surface area contributed by atoms with E-state index < -0.39 is 10.0 Å². The van der Waals surface area contributed by atoms with E-state index in [0.29, 0.717) is 41.6 Å². The fourth-order valence-electron chi connectivity index (χ4n) is 4.46. The van der Waals surface area contributed by atoms with Gasteiger partial charge in [-0.15, -0.1) is 0 Å². The first-order chi connectivity index (χ1) is 18.6. The Kier molecular flexibility index (Phi) is 8.60. The molecule has 9 heteroatoms. The minimum Gasteiger partial charge on any atom is -0.488 e. The van der Waals surface area contributed by atoms with Gasteiger partial charge in [0.05, 0.1) is 17.2 Å². The average molecular weight is 550 g/mol. The van der Waals surface area contributed by atoms with Gasteiger partial charge in [-0.3, -0.25) is 9.71 Å². The van der Waals surface area contributed by atoms with Crippen LogP contribution in [-0.2, 0) is 23.1 Å². The van der Waals surface area contributed by atoms with E-state index in [1.807, 2.05) is 51.1 Å². The predicted octanol–water partition coefficient (Wildman–Crippen LogP) is 6.70. The molecule has 0 amide bonds. The number of aryl methyl sites for hydroxylation is 4. The second-order valence-corrected chi connectivity index (χ2v) is 11.1. The molecule has 2 aromatic carbocycles. The topological polar surface area (TPSA) is 104 Å². The van der Waals surface area contributed by atoms with Crippen LogP contribution in [0.1, 0.15) is 54.1 Å². The highest BCUT2D eigenvalue weighted by molar-refractivity contribution is 7.92. The smallest absolute Gasteiger partial charge is 0.263 e. The lowest BCUT2D eigenvalue weighted by molar-refractivity contribution is 0.266. The van der Waals surface area contributed by atoms with Crippen molar-refractivity contribution in [1.82, 2.24) is 10.1 Å². The molecule has 8 nitrogen and oxygen atoms in total. The first-order valence-electron chi connectivity index (χ1n) is 13.0. The van der Waals surface area contributed by atoms with Crippen LogP contribution in [0.5, 0.6) is 11.5 Å². The fourth-order valence-corrected chi connectivity index (χ4v) is 5.74. The summed E-state index contributed by atoms with van der Waals surface area (Å²) in [5.74, 6) is 2.06. The van der Waals surface area contributed by atoms with E-state index in [1.54, 1.807) is 26.0 Å². The number of anilines is 1. The minimum atomic E-state index is -3.92. The molecule has 0 atom stereocenters. The Labute approximate surface area is 230 Å². The number of aromatic nitrogens is 2. The summed E-state index contributed by atoms with van der Waals surface area (Å²) < 4.78 is 46.6. The highest BCUT2D eigenvalue weighted by atomic mass is 32.2. The number of sulfonamides is 1. The van der Waals surface area contributed by atoms with Crippen molar-refractivity contribution in [2.45, 2.75) is 65.9 Å². The fraction of sp³-hybridized carbons (Fsp3) is 0.333. The largest absolute Gasteiger partial charge is 0.488 e. The number of rotatable bonds is 11. The third-order valence-corrected chi connectivity index (χ3v) is 7.86. The molecule has 0 radical (unpaired) electrons. The molecule has 2 heterocycles. The van der Waals surface area contributed by atoms with Gasteiger partial charge in [-0.1, -0.05) is 54.9 Å². The molecule has 4 rings (SSSR count). The number of benzene rings is 2. The van der Waals surface area contributed by atoms with Gasteiger partial charge in [-0.25, -0.2) is 8.42 Å². The van der Waals surface area contributed by atoms with Crippen LogP contribution >= 0.6 is 0 Å². The van der Waals surface area contributed by atoms with Crippen LogP contribution in [0.4, 0.5) is 5.82 Å². The summed E-state index contributed by atoms with van der Waals surface area (Å²) in [5, 5.41) is 3.87. The summed E-state index contributed by atoms with van der Waals surface area (Å²) in [4.78, 5) is 4.66. The molecule has 206 valence electrons. The van der Waals surface area contributed by atoms with E-state index in [1.165, 1.54) is 0 Å². The van der Waals surface area contributed by atoms with Gasteiger partial charge in [0.25, 0.3) is 10.0 Å². The summed E-state index contributed by atoms with van der Waals surface area (Å²) >= 11 is 0. The van der Waals surface area contributed by atoms with Crippen LogP contribution in [-0.4, -0.2) is 25.2 Å². The van der Waals surface area contributed by atoms with Crippen molar-refractivity contribution >= 4 is 15.8 Å². The first-order valence-corrected chi connectivity index (χ1v) is 14.5. The van der Waals surface area contributed by atoms with Crippen LogP contribution in [0.15, 0.2) is 57.9 Å². The zero-order valence-electron chi connectivity index (χ0n) is 23.3. The maximum absolute atomic E-state index is 13.5. The Morgan fingerprint density at radius 2 is 1.72 bits per heavy atom. The van der Waals surface area contributed by atoms with Crippen molar-refractivity contribution in [2.75, 3.05) is 11.3 Å². The van der Waals surface area contributed by atoms with E-state index in [-0.39, 0.29) is 10.7 Å². The van der Waals surface area contributed by atoms with Crippen LogP contribution in [0.25, 0.3) is 11.1 Å². The number of pyridine rings is 1. The molecular formula is C30H35N3O5S. The van der Waals surface area contributed by atoms with Crippen molar-refractivity contribution in [3.8, 4) is 22.6 Å². The van der Waals surface area contributed by atoms with E-state index in [4.69, 9.17) is 14.0 Å². The molecule has 0 aliphatic heterocycles. The number of nitrogens with zero attached hydrogens (tertiary/aromatic N) is 2. The van der Waals surface area contributed by atoms with Gasteiger partial charge < -0.3 is 14.0 Å². The van der Waals surface area contributed by atoms with Crippen molar-refractivity contribution in [1.29, 1.82) is 0 Å². The molecule has 0 bridgehead atoms. The van der Waals surface area contributed by atoms with E-state index >= 15 is 0 Å². The maximum atomic E-state index is 13.5. The lowest BCUT2D eigenvalue weighted by Crippen LogP contribution is -2.15. The van der Waals surface area contributed by atoms with Gasteiger partial charge in [0.15, 0.2) is 17.3 Å². The quantitative estimate of drug-likeness (QED) is 0.222.